The fourth-order valence-electron chi connectivity index (χ4n) is 1.03. The first kappa shape index (κ1) is 12.6. The molecule has 0 aromatic carbocycles. The van der Waals surface area contributed by atoms with E-state index in [0.29, 0.717) is 13.0 Å². The van der Waals surface area contributed by atoms with Crippen molar-refractivity contribution in [2.45, 2.75) is 18.6 Å². The van der Waals surface area contributed by atoms with Gasteiger partial charge in [0.1, 0.15) is 0 Å². The molecule has 90 valence electrons. The normalized spacial score (nSPS) is 14.4. The van der Waals surface area contributed by atoms with Crippen LogP contribution in [-0.2, 0) is 10.8 Å². The van der Waals surface area contributed by atoms with Crippen molar-refractivity contribution >= 4 is 16.6 Å². The van der Waals surface area contributed by atoms with Gasteiger partial charge in [-0.2, -0.15) is 0 Å². The standard InChI is InChI=1S/C8H14N4O3S/c1-5(16(2)15)3-4-9-6-7(13)10-8(14)12-11-6/h5H,3-4H2,1-2H3,(H,9,11)(H2,10,12,13,14). The molecule has 7 nitrogen and oxygen atoms in total. The van der Waals surface area contributed by atoms with Gasteiger partial charge in [0.15, 0.2) is 0 Å². The Balaban J connectivity index is 2.53. The molecule has 1 heterocycles. The van der Waals surface area contributed by atoms with Crippen molar-refractivity contribution in [2.75, 3.05) is 18.1 Å². The van der Waals surface area contributed by atoms with Gasteiger partial charge in [-0.1, -0.05) is 6.92 Å². The molecule has 0 aliphatic rings. The van der Waals surface area contributed by atoms with Crippen LogP contribution in [-0.4, -0.2) is 37.4 Å². The Kier molecular flexibility index (Phi) is 4.41. The van der Waals surface area contributed by atoms with Crippen LogP contribution in [0, 0.1) is 0 Å². The van der Waals surface area contributed by atoms with Crippen LogP contribution in [0.1, 0.15) is 13.3 Å². The molecule has 2 atom stereocenters. The molecule has 0 bridgehead atoms. The van der Waals surface area contributed by atoms with Crippen molar-refractivity contribution < 1.29 is 4.21 Å². The monoisotopic (exact) mass is 246 g/mol. The Bertz CT molecular complexity index is 481. The smallest absolute Gasteiger partial charge is 0.342 e. The molecular formula is C8H14N4O3S. The summed E-state index contributed by atoms with van der Waals surface area (Å²) in [5, 5.41) is 8.49. The first-order valence-corrected chi connectivity index (χ1v) is 6.38. The quantitative estimate of drug-likeness (QED) is 0.619. The summed E-state index contributed by atoms with van der Waals surface area (Å²) < 4.78 is 11.1. The van der Waals surface area contributed by atoms with Gasteiger partial charge in [0.05, 0.1) is 0 Å². The second kappa shape index (κ2) is 5.59. The number of rotatable bonds is 5. The highest BCUT2D eigenvalue weighted by molar-refractivity contribution is 7.84. The lowest BCUT2D eigenvalue weighted by Gasteiger charge is -2.08. The lowest BCUT2D eigenvalue weighted by Crippen LogP contribution is -2.27. The Morgan fingerprint density at radius 3 is 2.75 bits per heavy atom. The minimum Gasteiger partial charge on any atom is -0.364 e. The number of nitrogens with zero attached hydrogens (tertiary/aromatic N) is 1. The summed E-state index contributed by atoms with van der Waals surface area (Å²) >= 11 is 0. The largest absolute Gasteiger partial charge is 0.364 e. The fraction of sp³-hybridized carbons (Fsp3) is 0.625. The van der Waals surface area contributed by atoms with Gasteiger partial charge in [-0.05, 0) is 6.42 Å². The van der Waals surface area contributed by atoms with E-state index in [1.54, 1.807) is 6.26 Å². The predicted octanol–water partition coefficient (Wildman–Crippen LogP) is -0.973. The molecular weight excluding hydrogens is 232 g/mol. The second-order valence-electron chi connectivity index (χ2n) is 3.38. The highest BCUT2D eigenvalue weighted by Crippen LogP contribution is 1.99. The Labute approximate surface area is 94.1 Å². The average Bonchev–Trinajstić information content (AvgIpc) is 2.20. The van der Waals surface area contributed by atoms with Crippen LogP contribution in [0.15, 0.2) is 9.59 Å². The van der Waals surface area contributed by atoms with E-state index >= 15 is 0 Å². The molecule has 1 rings (SSSR count). The van der Waals surface area contributed by atoms with E-state index in [9.17, 15) is 13.8 Å². The third-order valence-corrected chi connectivity index (χ3v) is 3.49. The van der Waals surface area contributed by atoms with Crippen LogP contribution in [0.25, 0.3) is 0 Å². The third-order valence-electron chi connectivity index (χ3n) is 2.12. The molecule has 0 spiro atoms. The van der Waals surface area contributed by atoms with Gasteiger partial charge in [0.2, 0.25) is 5.82 Å². The zero-order valence-corrected chi connectivity index (χ0v) is 9.89. The topological polar surface area (TPSA) is 108 Å². The summed E-state index contributed by atoms with van der Waals surface area (Å²) in [6.07, 6.45) is 2.29. The number of hydrogen-bond donors (Lipinski definition) is 3. The maximum Gasteiger partial charge on any atom is 0.342 e. The zero-order chi connectivity index (χ0) is 12.1. The Morgan fingerprint density at radius 1 is 1.50 bits per heavy atom. The van der Waals surface area contributed by atoms with Crippen LogP contribution in [0.5, 0.6) is 0 Å². The van der Waals surface area contributed by atoms with Gasteiger partial charge in [-0.25, -0.2) is 9.89 Å². The lowest BCUT2D eigenvalue weighted by molar-refractivity contribution is 0.672. The Hall–Kier alpha value is -1.44. The zero-order valence-electron chi connectivity index (χ0n) is 9.07. The predicted molar refractivity (Wildman–Crippen MR) is 62.1 cm³/mol. The van der Waals surface area contributed by atoms with E-state index in [2.05, 4.69) is 15.5 Å². The maximum absolute atomic E-state index is 11.2. The van der Waals surface area contributed by atoms with Crippen LogP contribution < -0.4 is 16.6 Å². The molecule has 0 saturated carbocycles. The number of nitrogens with one attached hydrogen (secondary N) is 3. The number of aromatic nitrogens is 3. The number of aromatic amines is 2. The molecule has 0 amide bonds. The number of hydrogen-bond acceptors (Lipinski definition) is 5. The fourth-order valence-corrected chi connectivity index (χ4v) is 1.48. The van der Waals surface area contributed by atoms with Gasteiger partial charge in [0, 0.05) is 28.9 Å². The van der Waals surface area contributed by atoms with Crippen molar-refractivity contribution in [3.8, 4) is 0 Å². The minimum atomic E-state index is -0.881. The van der Waals surface area contributed by atoms with Gasteiger partial charge in [-0.15, -0.1) is 5.10 Å². The van der Waals surface area contributed by atoms with Crippen molar-refractivity contribution in [2.24, 2.45) is 0 Å². The summed E-state index contributed by atoms with van der Waals surface area (Å²) in [4.78, 5) is 23.9. The third kappa shape index (κ3) is 3.61. The molecule has 0 radical (unpaired) electrons. The maximum atomic E-state index is 11.2. The molecule has 0 saturated heterocycles. The molecule has 0 aliphatic carbocycles. The van der Waals surface area contributed by atoms with Crippen molar-refractivity contribution in [3.05, 3.63) is 20.8 Å². The first-order chi connectivity index (χ1) is 7.50. The first-order valence-electron chi connectivity index (χ1n) is 4.76. The van der Waals surface area contributed by atoms with Crippen molar-refractivity contribution in [1.82, 2.24) is 15.2 Å². The van der Waals surface area contributed by atoms with E-state index in [-0.39, 0.29) is 11.1 Å². The van der Waals surface area contributed by atoms with Gasteiger partial charge in [0.25, 0.3) is 5.56 Å². The minimum absolute atomic E-state index is 0.0503. The van der Waals surface area contributed by atoms with Gasteiger partial charge >= 0.3 is 5.69 Å². The SMILES string of the molecule is CC(CCNc1n[nH]c(=O)[nH]c1=O)S(C)=O. The van der Waals surface area contributed by atoms with E-state index in [1.807, 2.05) is 11.9 Å². The van der Waals surface area contributed by atoms with Crippen molar-refractivity contribution in [3.63, 3.8) is 0 Å². The summed E-state index contributed by atoms with van der Waals surface area (Å²) in [7, 11) is -0.881. The van der Waals surface area contributed by atoms with Gasteiger partial charge < -0.3 is 5.32 Å². The number of anilines is 1. The van der Waals surface area contributed by atoms with Crippen LogP contribution >= 0.6 is 0 Å². The van der Waals surface area contributed by atoms with Gasteiger partial charge in [-0.3, -0.25) is 14.0 Å². The lowest BCUT2D eigenvalue weighted by atomic mass is 10.3. The summed E-state index contributed by atoms with van der Waals surface area (Å²) in [6.45, 7) is 2.34. The number of H-pyrrole nitrogens is 2. The highest BCUT2D eigenvalue weighted by Gasteiger charge is 2.06. The van der Waals surface area contributed by atoms with E-state index in [1.165, 1.54) is 0 Å². The van der Waals surface area contributed by atoms with E-state index in [0.717, 1.165) is 0 Å². The van der Waals surface area contributed by atoms with Crippen LogP contribution in [0.4, 0.5) is 5.82 Å². The molecule has 0 aliphatic heterocycles. The van der Waals surface area contributed by atoms with E-state index in [4.69, 9.17) is 0 Å². The average molecular weight is 246 g/mol. The van der Waals surface area contributed by atoms with Crippen LogP contribution in [0.3, 0.4) is 0 Å². The molecule has 0 fully saturated rings. The second-order valence-corrected chi connectivity index (χ2v) is 5.18. The molecule has 3 N–H and O–H groups in total. The summed E-state index contributed by atoms with van der Waals surface area (Å²) in [5.74, 6) is 0.0636. The van der Waals surface area contributed by atoms with Crippen molar-refractivity contribution in [1.29, 1.82) is 0 Å². The molecule has 1 aromatic heterocycles. The summed E-state index contributed by atoms with van der Waals surface area (Å²) in [6, 6.07) is 0. The van der Waals surface area contributed by atoms with Crippen LogP contribution in [0.2, 0.25) is 0 Å². The van der Waals surface area contributed by atoms with E-state index < -0.39 is 22.0 Å². The molecule has 8 heteroatoms. The molecule has 16 heavy (non-hydrogen) atoms. The molecule has 2 unspecified atom stereocenters. The highest BCUT2D eigenvalue weighted by atomic mass is 32.2. The Morgan fingerprint density at radius 2 is 2.19 bits per heavy atom. The summed E-state index contributed by atoms with van der Waals surface area (Å²) in [5.41, 5.74) is -1.20. The molecule has 1 aromatic rings.